The molecule has 0 aromatic heterocycles. The Kier molecular flexibility index (Phi) is 5.96. The molecule has 0 radical (unpaired) electrons. The van der Waals surface area contributed by atoms with E-state index in [4.69, 9.17) is 4.74 Å². The highest BCUT2D eigenvalue weighted by molar-refractivity contribution is 7.90. The third-order valence-corrected chi connectivity index (χ3v) is 8.97. The minimum absolute atomic E-state index is 0.0458. The fourth-order valence-electron chi connectivity index (χ4n) is 5.62. The summed E-state index contributed by atoms with van der Waals surface area (Å²) in [5.74, 6) is -1.12. The largest absolute Gasteiger partial charge is 0.457 e. The number of piperidine rings is 1. The van der Waals surface area contributed by atoms with Crippen molar-refractivity contribution in [1.29, 1.82) is 0 Å². The van der Waals surface area contributed by atoms with Gasteiger partial charge >= 0.3 is 5.97 Å². The molecule has 1 amide bonds. The molecule has 186 valence electrons. The molecule has 3 aliphatic heterocycles. The van der Waals surface area contributed by atoms with Gasteiger partial charge in [-0.1, -0.05) is 6.07 Å². The molecule has 0 atom stereocenters. The van der Waals surface area contributed by atoms with Gasteiger partial charge in [0.25, 0.3) is 0 Å². The molecule has 0 aliphatic carbocycles. The van der Waals surface area contributed by atoms with Crippen LogP contribution >= 0.6 is 0 Å². The van der Waals surface area contributed by atoms with Gasteiger partial charge in [0.1, 0.15) is 17.3 Å². The zero-order valence-electron chi connectivity index (χ0n) is 20.0. The van der Waals surface area contributed by atoms with Gasteiger partial charge in [-0.25, -0.2) is 17.6 Å². The van der Waals surface area contributed by atoms with E-state index in [-0.39, 0.29) is 22.2 Å². The smallest absolute Gasteiger partial charge is 0.338 e. The Morgan fingerprint density at radius 1 is 1.11 bits per heavy atom. The molecule has 0 N–H and O–H groups in total. The summed E-state index contributed by atoms with van der Waals surface area (Å²) < 4.78 is 43.0. The van der Waals surface area contributed by atoms with Gasteiger partial charge in [-0.2, -0.15) is 0 Å². The summed E-state index contributed by atoms with van der Waals surface area (Å²) >= 11 is 0. The molecule has 2 saturated heterocycles. The van der Waals surface area contributed by atoms with Crippen molar-refractivity contribution in [2.45, 2.75) is 44.1 Å². The first kappa shape index (κ1) is 23.9. The van der Waals surface area contributed by atoms with E-state index in [1.807, 2.05) is 19.1 Å². The number of fused-ring (bicyclic) bond motifs is 1. The highest BCUT2D eigenvalue weighted by atomic mass is 32.2. The highest BCUT2D eigenvalue weighted by Crippen LogP contribution is 2.43. The number of nitrogens with zero attached hydrogens (tertiary/aromatic N) is 2. The Labute approximate surface area is 204 Å². The highest BCUT2D eigenvalue weighted by Gasteiger charge is 2.45. The van der Waals surface area contributed by atoms with E-state index < -0.39 is 15.7 Å². The van der Waals surface area contributed by atoms with E-state index in [1.165, 1.54) is 17.7 Å². The van der Waals surface area contributed by atoms with Crippen LogP contribution in [0.2, 0.25) is 0 Å². The van der Waals surface area contributed by atoms with Crippen LogP contribution in [-0.4, -0.2) is 57.6 Å². The number of benzene rings is 2. The number of amides is 1. The van der Waals surface area contributed by atoms with Gasteiger partial charge in [0.2, 0.25) is 5.91 Å². The summed E-state index contributed by atoms with van der Waals surface area (Å²) in [5, 5.41) is 0. The van der Waals surface area contributed by atoms with Gasteiger partial charge in [0.05, 0.1) is 5.56 Å². The number of anilines is 1. The fourth-order valence-corrected chi connectivity index (χ4v) is 6.35. The van der Waals surface area contributed by atoms with E-state index in [9.17, 15) is 22.4 Å². The number of ether oxygens (including phenoxy) is 1. The molecule has 2 aromatic carbocycles. The molecule has 2 aromatic rings. The van der Waals surface area contributed by atoms with Crippen LogP contribution in [0.15, 0.2) is 35.2 Å². The first-order chi connectivity index (χ1) is 16.6. The number of esters is 1. The number of carbonyl (C=O) groups is 2. The van der Waals surface area contributed by atoms with Gasteiger partial charge in [-0.3, -0.25) is 4.79 Å². The van der Waals surface area contributed by atoms with Crippen LogP contribution in [0.4, 0.5) is 10.1 Å². The third-order valence-electron chi connectivity index (χ3n) is 7.84. The number of cyclic esters (lactones) is 1. The van der Waals surface area contributed by atoms with E-state index in [1.54, 1.807) is 4.90 Å². The quantitative estimate of drug-likeness (QED) is 0.586. The van der Waals surface area contributed by atoms with Gasteiger partial charge in [0, 0.05) is 37.0 Å². The molecule has 0 unspecified atom stereocenters. The Morgan fingerprint density at radius 3 is 2.54 bits per heavy atom. The molecule has 9 heteroatoms. The maximum atomic E-state index is 14.4. The molecular formula is C26H29FN2O5S. The van der Waals surface area contributed by atoms with Crippen molar-refractivity contribution in [2.24, 2.45) is 5.41 Å². The van der Waals surface area contributed by atoms with Crippen molar-refractivity contribution < 1.29 is 27.1 Å². The molecule has 3 aliphatic rings. The average molecular weight is 501 g/mol. The molecule has 1 spiro atoms. The lowest BCUT2D eigenvalue weighted by atomic mass is 9.77. The van der Waals surface area contributed by atoms with Gasteiger partial charge in [0.15, 0.2) is 9.84 Å². The third kappa shape index (κ3) is 4.47. The molecule has 5 rings (SSSR count). The minimum atomic E-state index is -3.66. The summed E-state index contributed by atoms with van der Waals surface area (Å²) in [6, 6.07) is 7.79. The monoisotopic (exact) mass is 500 g/mol. The zero-order valence-corrected chi connectivity index (χ0v) is 20.8. The summed E-state index contributed by atoms with van der Waals surface area (Å²) in [7, 11) is -3.66. The first-order valence-corrected chi connectivity index (χ1v) is 13.8. The number of carbonyl (C=O) groups excluding carboxylic acids is 2. The number of halogens is 1. The topological polar surface area (TPSA) is 84.0 Å². The zero-order chi connectivity index (χ0) is 25.0. The van der Waals surface area contributed by atoms with Crippen LogP contribution in [0.3, 0.4) is 0 Å². The van der Waals surface area contributed by atoms with Crippen LogP contribution in [-0.2, 0) is 32.4 Å². The molecule has 2 fully saturated rings. The Bertz CT molecular complexity index is 1320. The van der Waals surface area contributed by atoms with Gasteiger partial charge in [-0.15, -0.1) is 0 Å². The predicted molar refractivity (Wildman–Crippen MR) is 129 cm³/mol. The summed E-state index contributed by atoms with van der Waals surface area (Å²) in [6.45, 7) is 5.59. The van der Waals surface area contributed by atoms with Crippen LogP contribution in [0.25, 0.3) is 0 Å². The van der Waals surface area contributed by atoms with E-state index in [0.29, 0.717) is 30.8 Å². The number of sulfone groups is 1. The Morgan fingerprint density at radius 2 is 1.86 bits per heavy atom. The normalized spacial score (nSPS) is 19.9. The van der Waals surface area contributed by atoms with Crippen LogP contribution in [0.1, 0.15) is 46.3 Å². The van der Waals surface area contributed by atoms with Crippen molar-refractivity contribution in [3.05, 3.63) is 58.4 Å². The second kappa shape index (κ2) is 8.71. The molecule has 3 heterocycles. The van der Waals surface area contributed by atoms with Crippen LogP contribution in [0, 0.1) is 18.2 Å². The van der Waals surface area contributed by atoms with Crippen molar-refractivity contribution in [2.75, 3.05) is 37.3 Å². The maximum absolute atomic E-state index is 14.4. The Balaban J connectivity index is 1.20. The maximum Gasteiger partial charge on any atom is 0.338 e. The number of hydrogen-bond acceptors (Lipinski definition) is 6. The number of rotatable bonds is 5. The second-order valence-corrected chi connectivity index (χ2v) is 12.1. The molecule has 35 heavy (non-hydrogen) atoms. The van der Waals surface area contributed by atoms with E-state index in [2.05, 4.69) is 4.90 Å². The summed E-state index contributed by atoms with van der Waals surface area (Å²) in [4.78, 5) is 28.2. The second-order valence-electron chi connectivity index (χ2n) is 10.1. The lowest BCUT2D eigenvalue weighted by Crippen LogP contribution is -2.42. The minimum Gasteiger partial charge on any atom is -0.457 e. The van der Waals surface area contributed by atoms with Crippen molar-refractivity contribution >= 4 is 27.4 Å². The predicted octanol–water partition coefficient (Wildman–Crippen LogP) is 3.27. The number of hydrogen-bond donors (Lipinski definition) is 0. The van der Waals surface area contributed by atoms with Crippen molar-refractivity contribution in [1.82, 2.24) is 4.90 Å². The summed E-state index contributed by atoms with van der Waals surface area (Å²) in [5.41, 5.74) is 4.30. The molecule has 7 nitrogen and oxygen atoms in total. The molecule has 0 bridgehead atoms. The fraction of sp³-hybridized carbons (Fsp3) is 0.462. The average Bonchev–Trinajstić information content (AvgIpc) is 3.34. The molecule has 0 saturated carbocycles. The van der Waals surface area contributed by atoms with Crippen LogP contribution < -0.4 is 4.90 Å². The van der Waals surface area contributed by atoms with Gasteiger partial charge in [-0.05, 0) is 80.1 Å². The van der Waals surface area contributed by atoms with Crippen molar-refractivity contribution in [3.8, 4) is 0 Å². The molecular weight excluding hydrogens is 471 g/mol. The SMILES string of the molecule is Cc1c(CCN2CCC3(CC2)CC(=O)N(c2ccc(S(C)(=O)=O)c(F)c2)C3)ccc2c1COC2=O. The lowest BCUT2D eigenvalue weighted by Gasteiger charge is -2.39. The lowest BCUT2D eigenvalue weighted by molar-refractivity contribution is -0.118. The first-order valence-electron chi connectivity index (χ1n) is 11.9. The van der Waals surface area contributed by atoms with Gasteiger partial charge < -0.3 is 14.5 Å². The van der Waals surface area contributed by atoms with E-state index in [0.717, 1.165) is 62.3 Å². The standard InChI is InChI=1S/C26H29FN2O5S/c1-17-18(3-5-20-21(17)15-34-25(20)31)7-10-28-11-8-26(9-12-28)14-24(30)29(16-26)19-4-6-23(22(27)13-19)35(2,32)33/h3-6,13H,7-12,14-16H2,1-2H3. The number of likely N-dealkylation sites (tertiary alicyclic amines) is 1. The van der Waals surface area contributed by atoms with Crippen molar-refractivity contribution in [3.63, 3.8) is 0 Å². The van der Waals surface area contributed by atoms with Crippen LogP contribution in [0.5, 0.6) is 0 Å². The summed E-state index contributed by atoms with van der Waals surface area (Å²) in [6.07, 6.45) is 4.04. The van der Waals surface area contributed by atoms with E-state index >= 15 is 0 Å². The Hall–Kier alpha value is -2.78.